The van der Waals surface area contributed by atoms with Crippen molar-refractivity contribution in [2.45, 2.75) is 38.9 Å². The number of nitrogens with zero attached hydrogens (tertiary/aromatic N) is 1. The van der Waals surface area contributed by atoms with Gasteiger partial charge < -0.3 is 9.31 Å². The van der Waals surface area contributed by atoms with E-state index in [0.29, 0.717) is 16.5 Å². The van der Waals surface area contributed by atoms with Gasteiger partial charge in [-0.2, -0.15) is 12.6 Å². The number of pyridine rings is 1. The van der Waals surface area contributed by atoms with Gasteiger partial charge in [-0.05, 0) is 51.4 Å². The summed E-state index contributed by atoms with van der Waals surface area (Å²) in [5.74, 6) is 0.518. The van der Waals surface area contributed by atoms with E-state index in [1.807, 2.05) is 33.8 Å². The van der Waals surface area contributed by atoms with Crippen LogP contribution in [-0.2, 0) is 9.31 Å². The second-order valence-corrected chi connectivity index (χ2v) is 6.56. The van der Waals surface area contributed by atoms with Gasteiger partial charge in [0, 0.05) is 11.9 Å². The zero-order chi connectivity index (χ0) is 15.0. The van der Waals surface area contributed by atoms with E-state index < -0.39 is 7.12 Å². The SMILES string of the molecule is CC1(C)OB(C(=Cc2ncccc2Cl)CS)OC1(C)C. The normalized spacial score (nSPS) is 21.3. The fourth-order valence-corrected chi connectivity index (χ4v) is 2.28. The Labute approximate surface area is 131 Å². The smallest absolute Gasteiger partial charge is 0.400 e. The maximum atomic E-state index is 6.13. The van der Waals surface area contributed by atoms with Crippen LogP contribution in [0.25, 0.3) is 6.08 Å². The molecule has 0 N–H and O–H groups in total. The van der Waals surface area contributed by atoms with Crippen LogP contribution >= 0.6 is 24.2 Å². The van der Waals surface area contributed by atoms with Gasteiger partial charge in [0.05, 0.1) is 21.9 Å². The van der Waals surface area contributed by atoms with E-state index in [-0.39, 0.29) is 11.2 Å². The van der Waals surface area contributed by atoms with E-state index in [2.05, 4.69) is 17.6 Å². The van der Waals surface area contributed by atoms with E-state index >= 15 is 0 Å². The molecule has 0 aromatic carbocycles. The fraction of sp³-hybridized carbons (Fsp3) is 0.500. The van der Waals surface area contributed by atoms with E-state index in [1.54, 1.807) is 18.3 Å². The molecule has 1 aromatic heterocycles. The first-order valence-corrected chi connectivity index (χ1v) is 7.55. The summed E-state index contributed by atoms with van der Waals surface area (Å²) in [6, 6.07) is 3.61. The lowest BCUT2D eigenvalue weighted by Gasteiger charge is -2.32. The van der Waals surface area contributed by atoms with Crippen LogP contribution in [-0.4, -0.2) is 29.1 Å². The summed E-state index contributed by atoms with van der Waals surface area (Å²) in [5.41, 5.74) is 0.877. The van der Waals surface area contributed by atoms with Crippen LogP contribution in [0.2, 0.25) is 5.02 Å². The van der Waals surface area contributed by atoms with Crippen LogP contribution in [0.1, 0.15) is 33.4 Å². The molecule has 1 fully saturated rings. The van der Waals surface area contributed by atoms with Gasteiger partial charge in [0.1, 0.15) is 0 Å². The summed E-state index contributed by atoms with van der Waals surface area (Å²) >= 11 is 10.5. The van der Waals surface area contributed by atoms with Crippen molar-refractivity contribution in [2.75, 3.05) is 5.75 Å². The van der Waals surface area contributed by atoms with Gasteiger partial charge in [-0.1, -0.05) is 11.6 Å². The molecule has 3 nitrogen and oxygen atoms in total. The predicted octanol–water partition coefficient (Wildman–Crippen LogP) is 3.68. The highest BCUT2D eigenvalue weighted by molar-refractivity contribution is 7.80. The first kappa shape index (κ1) is 15.9. The third-order valence-electron chi connectivity index (χ3n) is 3.85. The molecule has 2 rings (SSSR count). The highest BCUT2D eigenvalue weighted by Gasteiger charge is 2.52. The molecule has 6 heteroatoms. The van der Waals surface area contributed by atoms with Gasteiger partial charge in [0.25, 0.3) is 0 Å². The van der Waals surface area contributed by atoms with E-state index in [1.165, 1.54) is 0 Å². The van der Waals surface area contributed by atoms with Crippen LogP contribution < -0.4 is 0 Å². The van der Waals surface area contributed by atoms with Crippen molar-refractivity contribution in [1.82, 2.24) is 4.98 Å². The molecule has 108 valence electrons. The summed E-state index contributed by atoms with van der Waals surface area (Å²) in [4.78, 5) is 4.26. The van der Waals surface area contributed by atoms with Crippen LogP contribution in [0.5, 0.6) is 0 Å². The minimum Gasteiger partial charge on any atom is -0.400 e. The molecule has 1 aliphatic heterocycles. The highest BCUT2D eigenvalue weighted by Crippen LogP contribution is 2.39. The minimum atomic E-state index is -0.421. The molecule has 1 aliphatic rings. The molecular formula is C14H19BClNO2S. The first-order valence-electron chi connectivity index (χ1n) is 6.54. The average Bonchev–Trinajstić information content (AvgIpc) is 2.57. The molecule has 0 bridgehead atoms. The lowest BCUT2D eigenvalue weighted by molar-refractivity contribution is 0.00578. The Kier molecular flexibility index (Phi) is 4.55. The zero-order valence-electron chi connectivity index (χ0n) is 12.2. The van der Waals surface area contributed by atoms with Gasteiger partial charge in [-0.15, -0.1) is 0 Å². The summed E-state index contributed by atoms with van der Waals surface area (Å²) in [6.07, 6.45) is 3.59. The van der Waals surface area contributed by atoms with Crippen molar-refractivity contribution < 1.29 is 9.31 Å². The average molecular weight is 312 g/mol. The number of hydrogen-bond donors (Lipinski definition) is 1. The molecule has 20 heavy (non-hydrogen) atoms. The van der Waals surface area contributed by atoms with Gasteiger partial charge in [0.2, 0.25) is 0 Å². The molecule has 0 unspecified atom stereocenters. The molecule has 2 heterocycles. The van der Waals surface area contributed by atoms with Crippen molar-refractivity contribution in [1.29, 1.82) is 0 Å². The Morgan fingerprint density at radius 2 is 1.95 bits per heavy atom. The third kappa shape index (κ3) is 3.06. The number of hydrogen-bond acceptors (Lipinski definition) is 4. The standard InChI is InChI=1S/C14H19BClNO2S/c1-13(2)14(3,4)19-15(18-13)10(9-20)8-12-11(16)6-5-7-17-12/h5-8,20H,9H2,1-4H3. The van der Waals surface area contributed by atoms with Crippen molar-refractivity contribution >= 4 is 37.4 Å². The molecule has 0 radical (unpaired) electrons. The molecule has 0 saturated carbocycles. The summed E-state index contributed by atoms with van der Waals surface area (Å²) in [6.45, 7) is 8.10. The Morgan fingerprint density at radius 3 is 2.45 bits per heavy atom. The number of thiol groups is 1. The van der Waals surface area contributed by atoms with Gasteiger partial charge in [-0.3, -0.25) is 4.98 Å². The molecule has 0 amide bonds. The Hall–Kier alpha value is -0.485. The van der Waals surface area contributed by atoms with Gasteiger partial charge in [0.15, 0.2) is 0 Å². The molecule has 0 aliphatic carbocycles. The summed E-state index contributed by atoms with van der Waals surface area (Å²) < 4.78 is 12.0. The second-order valence-electron chi connectivity index (χ2n) is 5.84. The predicted molar refractivity (Wildman–Crippen MR) is 87.2 cm³/mol. The number of aromatic nitrogens is 1. The van der Waals surface area contributed by atoms with Crippen molar-refractivity contribution in [3.63, 3.8) is 0 Å². The number of rotatable bonds is 3. The van der Waals surface area contributed by atoms with E-state index in [0.717, 1.165) is 5.47 Å². The van der Waals surface area contributed by atoms with E-state index in [4.69, 9.17) is 20.9 Å². The summed E-state index contributed by atoms with van der Waals surface area (Å²) in [7, 11) is -0.421. The molecular weight excluding hydrogens is 292 g/mol. The second kappa shape index (κ2) is 5.72. The fourth-order valence-electron chi connectivity index (χ4n) is 1.86. The quantitative estimate of drug-likeness (QED) is 0.682. The monoisotopic (exact) mass is 311 g/mol. The largest absolute Gasteiger partial charge is 0.491 e. The molecule has 1 aromatic rings. The Balaban J connectivity index is 2.29. The van der Waals surface area contributed by atoms with Crippen LogP contribution in [0, 0.1) is 0 Å². The topological polar surface area (TPSA) is 31.4 Å². The third-order valence-corrected chi connectivity index (χ3v) is 4.53. The number of halogens is 1. The summed E-state index contributed by atoms with van der Waals surface area (Å²) in [5, 5.41) is 0.600. The maximum Gasteiger partial charge on any atom is 0.491 e. The molecule has 0 spiro atoms. The molecule has 1 saturated heterocycles. The van der Waals surface area contributed by atoms with Crippen molar-refractivity contribution in [3.8, 4) is 0 Å². The lowest BCUT2D eigenvalue weighted by Crippen LogP contribution is -2.41. The minimum absolute atomic E-state index is 0.367. The van der Waals surface area contributed by atoms with Gasteiger partial charge >= 0.3 is 7.12 Å². The Morgan fingerprint density at radius 1 is 1.35 bits per heavy atom. The van der Waals surface area contributed by atoms with Crippen LogP contribution in [0.4, 0.5) is 0 Å². The van der Waals surface area contributed by atoms with Gasteiger partial charge in [-0.25, -0.2) is 0 Å². The highest BCUT2D eigenvalue weighted by atomic mass is 35.5. The van der Waals surface area contributed by atoms with Crippen LogP contribution in [0.15, 0.2) is 23.8 Å². The maximum absolute atomic E-state index is 6.13. The Bertz CT molecular complexity index is 518. The lowest BCUT2D eigenvalue weighted by atomic mass is 9.78. The molecule has 0 atom stereocenters. The first-order chi connectivity index (χ1) is 9.27. The van der Waals surface area contributed by atoms with E-state index in [9.17, 15) is 0 Å². The zero-order valence-corrected chi connectivity index (χ0v) is 13.8. The van der Waals surface area contributed by atoms with Crippen molar-refractivity contribution in [2.24, 2.45) is 0 Å². The van der Waals surface area contributed by atoms with Crippen molar-refractivity contribution in [3.05, 3.63) is 34.5 Å². The van der Waals surface area contributed by atoms with Crippen LogP contribution in [0.3, 0.4) is 0 Å².